The number of benzene rings is 2. The average molecular weight is 342 g/mol. The van der Waals surface area contributed by atoms with Crippen molar-refractivity contribution in [1.82, 2.24) is 0 Å². The van der Waals surface area contributed by atoms with Crippen molar-refractivity contribution in [2.75, 3.05) is 5.43 Å². The minimum Gasteiger partial charge on any atom is -0.272 e. The van der Waals surface area contributed by atoms with Crippen LogP contribution in [0.25, 0.3) is 0 Å². The third-order valence-electron chi connectivity index (χ3n) is 3.82. The topological polar surface area (TPSA) is 111 Å². The lowest BCUT2D eigenvalue weighted by Crippen LogP contribution is -2.01. The van der Waals surface area contributed by atoms with Gasteiger partial charge in [-0.15, -0.1) is 0 Å². The van der Waals surface area contributed by atoms with Gasteiger partial charge in [0.1, 0.15) is 5.69 Å². The van der Waals surface area contributed by atoms with Crippen LogP contribution in [0.3, 0.4) is 0 Å². The molecule has 0 radical (unpaired) electrons. The second kappa shape index (κ2) is 8.53. The van der Waals surface area contributed by atoms with E-state index < -0.39 is 9.85 Å². The molecular weight excluding hydrogens is 324 g/mol. The summed E-state index contributed by atoms with van der Waals surface area (Å²) in [6.07, 6.45) is 3.27. The largest absolute Gasteiger partial charge is 0.301 e. The molecular formula is C17H18N4O4. The second-order valence-electron chi connectivity index (χ2n) is 5.39. The van der Waals surface area contributed by atoms with Gasteiger partial charge in [-0.25, -0.2) is 0 Å². The van der Waals surface area contributed by atoms with Crippen molar-refractivity contribution >= 4 is 23.3 Å². The quantitative estimate of drug-likeness (QED) is 0.432. The zero-order valence-electron chi connectivity index (χ0n) is 13.7. The van der Waals surface area contributed by atoms with E-state index in [9.17, 15) is 20.2 Å². The van der Waals surface area contributed by atoms with Crippen molar-refractivity contribution in [1.29, 1.82) is 0 Å². The van der Waals surface area contributed by atoms with Crippen LogP contribution >= 0.6 is 0 Å². The first kappa shape index (κ1) is 18.1. The first-order valence-corrected chi connectivity index (χ1v) is 7.78. The number of nitrogens with zero attached hydrogens (tertiary/aromatic N) is 3. The first-order valence-electron chi connectivity index (χ1n) is 7.78. The van der Waals surface area contributed by atoms with E-state index >= 15 is 0 Å². The van der Waals surface area contributed by atoms with Crippen LogP contribution in [0.2, 0.25) is 0 Å². The molecule has 1 N–H and O–H groups in total. The molecule has 2 aromatic carbocycles. The summed E-state index contributed by atoms with van der Waals surface area (Å²) in [7, 11) is 0. The van der Waals surface area contributed by atoms with Crippen LogP contribution in [0, 0.1) is 20.2 Å². The summed E-state index contributed by atoms with van der Waals surface area (Å²) in [4.78, 5) is 20.4. The molecule has 8 nitrogen and oxygen atoms in total. The summed E-state index contributed by atoms with van der Waals surface area (Å²) in [5.41, 5.74) is 3.19. The van der Waals surface area contributed by atoms with Gasteiger partial charge in [0, 0.05) is 12.3 Å². The molecule has 0 bridgehead atoms. The highest BCUT2D eigenvalue weighted by atomic mass is 16.6. The van der Waals surface area contributed by atoms with Gasteiger partial charge in [-0.05, 0) is 30.4 Å². The molecule has 25 heavy (non-hydrogen) atoms. The summed E-state index contributed by atoms with van der Waals surface area (Å²) in [5.74, 6) is 0.304. The maximum absolute atomic E-state index is 11.1. The third kappa shape index (κ3) is 4.84. The number of hydrazone groups is 1. The Kier molecular flexibility index (Phi) is 6.16. The van der Waals surface area contributed by atoms with E-state index in [0.29, 0.717) is 12.3 Å². The van der Waals surface area contributed by atoms with E-state index in [-0.39, 0.29) is 17.1 Å². The van der Waals surface area contributed by atoms with Crippen LogP contribution in [0.5, 0.6) is 0 Å². The summed E-state index contributed by atoms with van der Waals surface area (Å²) in [6.45, 7) is 2.08. The Labute approximate surface area is 144 Å². The highest BCUT2D eigenvalue weighted by molar-refractivity contribution is 5.67. The molecule has 8 heteroatoms. The second-order valence-corrected chi connectivity index (χ2v) is 5.39. The molecule has 130 valence electrons. The number of hydrogen-bond donors (Lipinski definition) is 1. The Balaban J connectivity index is 2.06. The normalized spacial score (nSPS) is 12.0. The van der Waals surface area contributed by atoms with Crippen LogP contribution in [-0.4, -0.2) is 16.1 Å². The fourth-order valence-corrected chi connectivity index (χ4v) is 2.44. The summed E-state index contributed by atoms with van der Waals surface area (Å²) in [5, 5.41) is 25.8. The molecule has 0 saturated carbocycles. The summed E-state index contributed by atoms with van der Waals surface area (Å²) < 4.78 is 0. The molecule has 0 unspecified atom stereocenters. The van der Waals surface area contributed by atoms with Crippen LogP contribution in [0.1, 0.15) is 31.2 Å². The SMILES string of the molecule is CC[C@@H](C/C=N/Nc1ccc([N+](=O)[O-])cc1[N+](=O)[O-])c1ccccc1. The lowest BCUT2D eigenvalue weighted by atomic mass is 9.94. The number of non-ortho nitro benzene ring substituents is 1. The fourth-order valence-electron chi connectivity index (χ4n) is 2.44. The van der Waals surface area contributed by atoms with Crippen molar-refractivity contribution in [3.05, 3.63) is 74.3 Å². The number of nitro benzene ring substituents is 2. The van der Waals surface area contributed by atoms with Gasteiger partial charge in [-0.1, -0.05) is 37.3 Å². The smallest absolute Gasteiger partial charge is 0.272 e. The van der Waals surface area contributed by atoms with E-state index in [1.54, 1.807) is 6.21 Å². The van der Waals surface area contributed by atoms with Crippen LogP contribution < -0.4 is 5.43 Å². The maximum Gasteiger partial charge on any atom is 0.301 e. The zero-order chi connectivity index (χ0) is 18.2. The van der Waals surface area contributed by atoms with Gasteiger partial charge in [-0.2, -0.15) is 5.10 Å². The lowest BCUT2D eigenvalue weighted by Gasteiger charge is -2.12. The molecule has 0 aromatic heterocycles. The van der Waals surface area contributed by atoms with Gasteiger partial charge >= 0.3 is 5.69 Å². The Morgan fingerprint density at radius 2 is 1.84 bits per heavy atom. The maximum atomic E-state index is 11.1. The first-order chi connectivity index (χ1) is 12.0. The van der Waals surface area contributed by atoms with Crippen molar-refractivity contribution in [2.24, 2.45) is 5.10 Å². The number of anilines is 1. The van der Waals surface area contributed by atoms with E-state index in [2.05, 4.69) is 29.6 Å². The highest BCUT2D eigenvalue weighted by Crippen LogP contribution is 2.29. The van der Waals surface area contributed by atoms with Gasteiger partial charge in [0.05, 0.1) is 15.9 Å². The van der Waals surface area contributed by atoms with Gasteiger partial charge in [0.15, 0.2) is 0 Å². The lowest BCUT2D eigenvalue weighted by molar-refractivity contribution is -0.393. The van der Waals surface area contributed by atoms with Crippen LogP contribution in [-0.2, 0) is 0 Å². The van der Waals surface area contributed by atoms with E-state index in [1.165, 1.54) is 17.7 Å². The van der Waals surface area contributed by atoms with Gasteiger partial charge in [0.2, 0.25) is 0 Å². The molecule has 0 aliphatic carbocycles. The number of nitro groups is 2. The molecule has 0 saturated heterocycles. The highest BCUT2D eigenvalue weighted by Gasteiger charge is 2.19. The molecule has 0 amide bonds. The Bertz CT molecular complexity index is 777. The minimum atomic E-state index is -0.677. The molecule has 2 rings (SSSR count). The van der Waals surface area contributed by atoms with Gasteiger partial charge in [-0.3, -0.25) is 25.7 Å². The van der Waals surface area contributed by atoms with E-state index in [4.69, 9.17) is 0 Å². The summed E-state index contributed by atoms with van der Waals surface area (Å²) >= 11 is 0. The van der Waals surface area contributed by atoms with Crippen molar-refractivity contribution in [2.45, 2.75) is 25.7 Å². The van der Waals surface area contributed by atoms with Crippen molar-refractivity contribution in [3.63, 3.8) is 0 Å². The Hall–Kier alpha value is -3.29. The molecule has 0 heterocycles. The predicted octanol–water partition coefficient (Wildman–Crippen LogP) is 4.48. The van der Waals surface area contributed by atoms with Crippen LogP contribution in [0.4, 0.5) is 17.1 Å². The minimum absolute atomic E-state index is 0.111. The Morgan fingerprint density at radius 1 is 1.12 bits per heavy atom. The number of rotatable bonds is 8. The average Bonchev–Trinajstić information content (AvgIpc) is 2.62. The predicted molar refractivity (Wildman–Crippen MR) is 96.0 cm³/mol. The number of hydrogen-bond acceptors (Lipinski definition) is 6. The molecule has 1 atom stereocenters. The van der Waals surface area contributed by atoms with E-state index in [0.717, 1.165) is 12.5 Å². The fraction of sp³-hybridized carbons (Fsp3) is 0.235. The monoisotopic (exact) mass is 342 g/mol. The van der Waals surface area contributed by atoms with E-state index in [1.807, 2.05) is 18.2 Å². The third-order valence-corrected chi connectivity index (χ3v) is 3.82. The molecule has 2 aromatic rings. The zero-order valence-corrected chi connectivity index (χ0v) is 13.7. The Morgan fingerprint density at radius 3 is 2.44 bits per heavy atom. The number of nitrogens with one attached hydrogen (secondary N) is 1. The van der Waals surface area contributed by atoms with Gasteiger partial charge in [0.25, 0.3) is 5.69 Å². The van der Waals surface area contributed by atoms with Crippen LogP contribution in [0.15, 0.2) is 53.6 Å². The molecule has 0 aliphatic rings. The molecule has 0 fully saturated rings. The molecule has 0 aliphatic heterocycles. The molecule has 0 spiro atoms. The van der Waals surface area contributed by atoms with Crippen molar-refractivity contribution in [3.8, 4) is 0 Å². The standard InChI is InChI=1S/C17H18N4O4/c1-2-13(14-6-4-3-5-7-14)10-11-18-19-16-9-8-15(20(22)23)12-17(16)21(24)25/h3-9,11-13,19H,2,10H2,1H3/b18-11+/t13-/m0/s1. The van der Waals surface area contributed by atoms with Gasteiger partial charge < -0.3 is 0 Å². The summed E-state index contributed by atoms with van der Waals surface area (Å²) in [6, 6.07) is 13.4. The van der Waals surface area contributed by atoms with Crippen molar-refractivity contribution < 1.29 is 9.85 Å².